The lowest BCUT2D eigenvalue weighted by atomic mass is 10.1. The molecule has 0 radical (unpaired) electrons. The lowest BCUT2D eigenvalue weighted by molar-refractivity contribution is -0.121. The fourth-order valence-corrected chi connectivity index (χ4v) is 3.34. The van der Waals surface area contributed by atoms with Crippen LogP contribution in [0, 0.1) is 0 Å². The quantitative estimate of drug-likeness (QED) is 0.637. The van der Waals surface area contributed by atoms with Crippen molar-refractivity contribution in [2.24, 2.45) is 0 Å². The van der Waals surface area contributed by atoms with Crippen LogP contribution in [0.5, 0.6) is 5.75 Å². The molecular weight excluding hydrogens is 374 g/mol. The summed E-state index contributed by atoms with van der Waals surface area (Å²) in [6.07, 6.45) is 0.159. The molecule has 0 aliphatic carbocycles. The van der Waals surface area contributed by atoms with Gasteiger partial charge in [0.15, 0.2) is 5.13 Å². The normalized spacial score (nSPS) is 11.5. The van der Waals surface area contributed by atoms with Gasteiger partial charge in [-0.25, -0.2) is 4.98 Å². The molecular formula is C21H21N3O3S. The number of rotatable bonds is 7. The second-order valence-electron chi connectivity index (χ2n) is 6.20. The van der Waals surface area contributed by atoms with E-state index >= 15 is 0 Å². The van der Waals surface area contributed by atoms with E-state index in [2.05, 4.69) is 15.6 Å². The number of nitrogens with zero attached hydrogens (tertiary/aromatic N) is 1. The maximum absolute atomic E-state index is 12.3. The van der Waals surface area contributed by atoms with Crippen molar-refractivity contribution >= 4 is 28.3 Å². The van der Waals surface area contributed by atoms with Crippen LogP contribution in [0.4, 0.5) is 5.13 Å². The molecule has 144 valence electrons. The van der Waals surface area contributed by atoms with Gasteiger partial charge in [-0.3, -0.25) is 14.9 Å². The molecule has 0 aliphatic heterocycles. The third kappa shape index (κ3) is 5.17. The maximum Gasteiger partial charge on any atom is 0.257 e. The zero-order chi connectivity index (χ0) is 19.9. The van der Waals surface area contributed by atoms with Gasteiger partial charge in [-0.15, -0.1) is 11.3 Å². The van der Waals surface area contributed by atoms with Gasteiger partial charge in [-0.1, -0.05) is 30.3 Å². The van der Waals surface area contributed by atoms with Crippen LogP contribution in [0.25, 0.3) is 0 Å². The third-order valence-corrected chi connectivity index (χ3v) is 4.95. The number of amides is 2. The predicted octanol–water partition coefficient (Wildman–Crippen LogP) is 3.82. The molecule has 1 atom stereocenters. The molecule has 0 aliphatic rings. The van der Waals surface area contributed by atoms with Crippen molar-refractivity contribution in [2.45, 2.75) is 19.4 Å². The molecule has 0 spiro atoms. The van der Waals surface area contributed by atoms with E-state index in [1.54, 1.807) is 36.8 Å². The Labute approximate surface area is 167 Å². The van der Waals surface area contributed by atoms with Crippen molar-refractivity contribution in [2.75, 3.05) is 12.4 Å². The molecule has 0 fully saturated rings. The molecule has 2 amide bonds. The highest BCUT2D eigenvalue weighted by Crippen LogP contribution is 2.19. The fraction of sp³-hybridized carbons (Fsp3) is 0.190. The summed E-state index contributed by atoms with van der Waals surface area (Å²) in [6.45, 7) is 1.94. The van der Waals surface area contributed by atoms with Crippen molar-refractivity contribution in [3.63, 3.8) is 0 Å². The molecule has 3 aromatic rings. The van der Waals surface area contributed by atoms with Gasteiger partial charge < -0.3 is 10.1 Å². The van der Waals surface area contributed by atoms with Crippen molar-refractivity contribution in [3.05, 3.63) is 76.8 Å². The minimum atomic E-state index is -0.259. The van der Waals surface area contributed by atoms with Crippen LogP contribution in [0.3, 0.4) is 0 Å². The van der Waals surface area contributed by atoms with Crippen LogP contribution in [0.2, 0.25) is 0 Å². The highest BCUT2D eigenvalue weighted by atomic mass is 32.1. The number of thiazole rings is 1. The average Bonchev–Trinajstić information content (AvgIpc) is 3.15. The number of benzene rings is 2. The van der Waals surface area contributed by atoms with Gasteiger partial charge in [0, 0.05) is 10.9 Å². The Bertz CT molecular complexity index is 939. The molecule has 0 bridgehead atoms. The number of methoxy groups -OCH3 is 1. The van der Waals surface area contributed by atoms with Gasteiger partial charge in [-0.2, -0.15) is 0 Å². The number of carbonyl (C=O) groups is 2. The van der Waals surface area contributed by atoms with E-state index in [0.717, 1.165) is 5.56 Å². The first-order chi connectivity index (χ1) is 13.5. The number of hydrogen-bond acceptors (Lipinski definition) is 5. The number of nitrogens with one attached hydrogen (secondary N) is 2. The molecule has 0 saturated heterocycles. The van der Waals surface area contributed by atoms with Crippen LogP contribution in [0.1, 0.15) is 34.6 Å². The topological polar surface area (TPSA) is 80.3 Å². The van der Waals surface area contributed by atoms with Crippen LogP contribution < -0.4 is 15.4 Å². The van der Waals surface area contributed by atoms with E-state index in [0.29, 0.717) is 22.1 Å². The Balaban J connectivity index is 1.54. The number of ether oxygens (including phenoxy) is 1. The van der Waals surface area contributed by atoms with Gasteiger partial charge in [0.05, 0.1) is 25.3 Å². The summed E-state index contributed by atoms with van der Waals surface area (Å²) in [5.74, 6) is 0.309. The van der Waals surface area contributed by atoms with Gasteiger partial charge in [0.1, 0.15) is 5.75 Å². The molecule has 6 nitrogen and oxygen atoms in total. The Kier molecular flexibility index (Phi) is 6.39. The smallest absolute Gasteiger partial charge is 0.257 e. The molecule has 7 heteroatoms. The minimum absolute atomic E-state index is 0.0819. The minimum Gasteiger partial charge on any atom is -0.497 e. The van der Waals surface area contributed by atoms with Gasteiger partial charge in [0.2, 0.25) is 5.91 Å². The highest BCUT2D eigenvalue weighted by Gasteiger charge is 2.13. The van der Waals surface area contributed by atoms with E-state index in [1.807, 2.05) is 37.3 Å². The summed E-state index contributed by atoms with van der Waals surface area (Å²) < 4.78 is 5.08. The maximum atomic E-state index is 12.3. The first-order valence-corrected chi connectivity index (χ1v) is 9.67. The second-order valence-corrected chi connectivity index (χ2v) is 7.06. The van der Waals surface area contributed by atoms with E-state index < -0.39 is 0 Å². The van der Waals surface area contributed by atoms with Crippen LogP contribution in [0.15, 0.2) is 60.0 Å². The Morgan fingerprint density at radius 2 is 1.82 bits per heavy atom. The van der Waals surface area contributed by atoms with Crippen molar-refractivity contribution in [1.29, 1.82) is 0 Å². The summed E-state index contributed by atoms with van der Waals surface area (Å²) in [5.41, 5.74) is 2.17. The fourth-order valence-electron chi connectivity index (χ4n) is 2.64. The third-order valence-electron chi connectivity index (χ3n) is 4.14. The molecule has 0 saturated carbocycles. The number of carbonyl (C=O) groups excluding carboxylic acids is 2. The summed E-state index contributed by atoms with van der Waals surface area (Å²) in [5, 5.41) is 7.94. The lowest BCUT2D eigenvalue weighted by Crippen LogP contribution is -2.28. The van der Waals surface area contributed by atoms with E-state index in [9.17, 15) is 9.59 Å². The number of hydrogen-bond donors (Lipinski definition) is 2. The molecule has 1 aromatic heterocycles. The Morgan fingerprint density at radius 3 is 2.50 bits per heavy atom. The van der Waals surface area contributed by atoms with E-state index in [1.165, 1.54) is 11.3 Å². The monoisotopic (exact) mass is 395 g/mol. The Hall–Kier alpha value is -3.19. The Morgan fingerprint density at radius 1 is 1.11 bits per heavy atom. The lowest BCUT2D eigenvalue weighted by Gasteiger charge is -2.13. The van der Waals surface area contributed by atoms with Crippen LogP contribution in [-0.2, 0) is 11.2 Å². The van der Waals surface area contributed by atoms with Crippen molar-refractivity contribution in [1.82, 2.24) is 10.3 Å². The molecule has 0 unspecified atom stereocenters. The van der Waals surface area contributed by atoms with Gasteiger partial charge in [-0.05, 0) is 36.8 Å². The molecule has 3 rings (SSSR count). The first-order valence-electron chi connectivity index (χ1n) is 8.79. The second kappa shape index (κ2) is 9.14. The van der Waals surface area contributed by atoms with Crippen LogP contribution in [-0.4, -0.2) is 23.9 Å². The van der Waals surface area contributed by atoms with Crippen molar-refractivity contribution in [3.8, 4) is 5.75 Å². The van der Waals surface area contributed by atoms with E-state index in [4.69, 9.17) is 4.74 Å². The molecule has 2 N–H and O–H groups in total. The first kappa shape index (κ1) is 19.6. The molecule has 1 heterocycles. The van der Waals surface area contributed by atoms with Crippen LogP contribution >= 0.6 is 11.3 Å². The molecule has 2 aromatic carbocycles. The SMILES string of the molecule is COc1ccc(C(=O)Nc2nc(CC(=O)N[C@H](C)c3ccccc3)cs2)cc1. The standard InChI is InChI=1S/C21H21N3O3S/c1-14(15-6-4-3-5-7-15)22-19(25)12-17-13-28-21(23-17)24-20(26)16-8-10-18(27-2)11-9-16/h3-11,13-14H,12H2,1-2H3,(H,22,25)(H,23,24,26)/t14-/m1/s1. The summed E-state index contributed by atoms with van der Waals surface area (Å²) in [4.78, 5) is 28.9. The zero-order valence-corrected chi connectivity index (χ0v) is 16.5. The van der Waals surface area contributed by atoms with Gasteiger partial charge >= 0.3 is 0 Å². The van der Waals surface area contributed by atoms with E-state index in [-0.39, 0.29) is 24.3 Å². The number of aromatic nitrogens is 1. The summed E-state index contributed by atoms with van der Waals surface area (Å²) in [6, 6.07) is 16.5. The zero-order valence-electron chi connectivity index (χ0n) is 15.6. The largest absolute Gasteiger partial charge is 0.497 e. The summed E-state index contributed by atoms with van der Waals surface area (Å²) in [7, 11) is 1.57. The predicted molar refractivity (Wildman–Crippen MR) is 110 cm³/mol. The van der Waals surface area contributed by atoms with Gasteiger partial charge in [0.25, 0.3) is 5.91 Å². The molecule has 28 heavy (non-hydrogen) atoms. The summed E-state index contributed by atoms with van der Waals surface area (Å²) >= 11 is 1.29. The van der Waals surface area contributed by atoms with Crippen molar-refractivity contribution < 1.29 is 14.3 Å². The highest BCUT2D eigenvalue weighted by molar-refractivity contribution is 7.14. The number of anilines is 1. The average molecular weight is 395 g/mol.